The summed E-state index contributed by atoms with van der Waals surface area (Å²) in [5.74, 6) is -3.64. The number of esters is 5. The number of ether oxygens (including phenoxy) is 5. The lowest BCUT2D eigenvalue weighted by molar-refractivity contribution is -0.188. The maximum absolute atomic E-state index is 13.6. The molecule has 1 heterocycles. The van der Waals surface area contributed by atoms with Crippen molar-refractivity contribution in [2.45, 2.75) is 125 Å². The minimum absolute atomic E-state index is 0.0342. The van der Waals surface area contributed by atoms with Crippen LogP contribution in [0.4, 0.5) is 0 Å². The Morgan fingerprint density at radius 2 is 1.37 bits per heavy atom. The van der Waals surface area contributed by atoms with Crippen molar-refractivity contribution in [1.82, 2.24) is 0 Å². The van der Waals surface area contributed by atoms with Crippen LogP contribution in [0.1, 0.15) is 101 Å². The quantitative estimate of drug-likeness (QED) is 0.255. The van der Waals surface area contributed by atoms with Crippen molar-refractivity contribution >= 4 is 35.6 Å². The number of rotatable bonds is 9. The standard InChI is InChI=1S/C35H52O11/c1-17(2)30(40)32(46-22(7)39)31(45-21(6)38)18(3)24-10-11-25-23-16-42-33(41)27-14-28(43-19(4)36)29(44-20(5)37)15-35(27,9)26(23)12-13-34(24,25)8/h17-18,23-29,31-32H,10-16H2,1-9H3/t18-,23-,24+,25-,26-,27+,28-,29+,31-,32-,34+,35+/m0/s1. The topological polar surface area (TPSA) is 149 Å². The second-order valence-electron chi connectivity index (χ2n) is 15.0. The highest BCUT2D eigenvalue weighted by molar-refractivity contribution is 5.87. The molecule has 1 aliphatic heterocycles. The Hall–Kier alpha value is -2.98. The summed E-state index contributed by atoms with van der Waals surface area (Å²) in [5.41, 5.74) is -0.780. The molecule has 0 spiro atoms. The van der Waals surface area contributed by atoms with Gasteiger partial charge >= 0.3 is 29.8 Å². The van der Waals surface area contributed by atoms with Gasteiger partial charge in [-0.15, -0.1) is 0 Å². The van der Waals surface area contributed by atoms with Crippen molar-refractivity contribution in [3.8, 4) is 0 Å². The van der Waals surface area contributed by atoms with Crippen LogP contribution in [0.3, 0.4) is 0 Å². The first-order chi connectivity index (χ1) is 21.4. The second-order valence-corrected chi connectivity index (χ2v) is 15.0. The van der Waals surface area contributed by atoms with Crippen LogP contribution in [0.5, 0.6) is 0 Å². The number of carbonyl (C=O) groups excluding carboxylic acids is 6. The minimum Gasteiger partial charge on any atom is -0.465 e. The van der Waals surface area contributed by atoms with Crippen molar-refractivity contribution in [3.63, 3.8) is 0 Å². The summed E-state index contributed by atoms with van der Waals surface area (Å²) in [4.78, 5) is 75.4. The van der Waals surface area contributed by atoms with Gasteiger partial charge in [0.15, 0.2) is 11.9 Å². The van der Waals surface area contributed by atoms with Gasteiger partial charge < -0.3 is 23.7 Å². The third kappa shape index (κ3) is 6.84. The summed E-state index contributed by atoms with van der Waals surface area (Å²) in [6.45, 7) is 15.2. The van der Waals surface area contributed by atoms with Crippen LogP contribution in [-0.2, 0) is 52.5 Å². The summed E-state index contributed by atoms with van der Waals surface area (Å²) >= 11 is 0. The van der Waals surface area contributed by atoms with Crippen LogP contribution in [0.2, 0.25) is 0 Å². The normalized spacial score (nSPS) is 37.2. The van der Waals surface area contributed by atoms with Gasteiger partial charge in [-0.3, -0.25) is 28.8 Å². The van der Waals surface area contributed by atoms with Gasteiger partial charge in [0, 0.05) is 46.0 Å². The highest BCUT2D eigenvalue weighted by Gasteiger charge is 2.64. The lowest BCUT2D eigenvalue weighted by Gasteiger charge is -2.56. The Balaban J connectivity index is 1.66. The van der Waals surface area contributed by atoms with Crippen LogP contribution >= 0.6 is 0 Å². The number of carbonyl (C=O) groups is 6. The third-order valence-corrected chi connectivity index (χ3v) is 11.9. The van der Waals surface area contributed by atoms with E-state index in [0.717, 1.165) is 25.7 Å². The maximum atomic E-state index is 13.6. The average molecular weight is 649 g/mol. The predicted molar refractivity (Wildman–Crippen MR) is 164 cm³/mol. The summed E-state index contributed by atoms with van der Waals surface area (Å²) < 4.78 is 28.6. The highest BCUT2D eigenvalue weighted by atomic mass is 16.6. The van der Waals surface area contributed by atoms with Gasteiger partial charge in [-0.25, -0.2) is 0 Å². The molecule has 0 aromatic carbocycles. The fourth-order valence-electron chi connectivity index (χ4n) is 9.99. The van der Waals surface area contributed by atoms with E-state index < -0.39 is 65.5 Å². The van der Waals surface area contributed by atoms with Gasteiger partial charge in [0.1, 0.15) is 18.3 Å². The van der Waals surface area contributed by atoms with E-state index in [1.807, 2.05) is 6.92 Å². The predicted octanol–water partition coefficient (Wildman–Crippen LogP) is 4.61. The molecule has 3 aliphatic carbocycles. The zero-order valence-electron chi connectivity index (χ0n) is 28.8. The Labute approximate surface area is 272 Å². The van der Waals surface area contributed by atoms with Gasteiger partial charge in [-0.2, -0.15) is 0 Å². The first-order valence-corrected chi connectivity index (χ1v) is 16.8. The molecule has 0 amide bonds. The summed E-state index contributed by atoms with van der Waals surface area (Å²) in [6, 6.07) is 0. The zero-order valence-corrected chi connectivity index (χ0v) is 28.8. The first-order valence-electron chi connectivity index (χ1n) is 16.8. The summed E-state index contributed by atoms with van der Waals surface area (Å²) in [6.07, 6.45) is 0.358. The number of hydrogen-bond acceptors (Lipinski definition) is 11. The van der Waals surface area contributed by atoms with E-state index in [0.29, 0.717) is 6.42 Å². The molecule has 11 nitrogen and oxygen atoms in total. The highest BCUT2D eigenvalue weighted by Crippen LogP contribution is 2.66. The Morgan fingerprint density at radius 1 is 0.783 bits per heavy atom. The molecule has 258 valence electrons. The smallest absolute Gasteiger partial charge is 0.309 e. The second kappa shape index (κ2) is 13.6. The number of fused-ring (bicyclic) bond motifs is 5. The molecular weight excluding hydrogens is 596 g/mol. The molecule has 0 N–H and O–H groups in total. The van der Waals surface area contributed by atoms with Crippen LogP contribution in [0.25, 0.3) is 0 Å². The fourth-order valence-corrected chi connectivity index (χ4v) is 9.99. The molecule has 12 atom stereocenters. The summed E-state index contributed by atoms with van der Waals surface area (Å²) in [5, 5.41) is 0. The minimum atomic E-state index is -1.21. The molecule has 0 aromatic rings. The van der Waals surface area contributed by atoms with Crippen LogP contribution < -0.4 is 0 Å². The largest absolute Gasteiger partial charge is 0.465 e. The van der Waals surface area contributed by atoms with Crippen molar-refractivity contribution in [2.24, 2.45) is 52.3 Å². The molecule has 46 heavy (non-hydrogen) atoms. The van der Waals surface area contributed by atoms with Crippen molar-refractivity contribution in [1.29, 1.82) is 0 Å². The Morgan fingerprint density at radius 3 is 1.93 bits per heavy atom. The molecule has 4 fully saturated rings. The number of ketones is 1. The molecule has 0 unspecified atom stereocenters. The molecular formula is C35H52O11. The number of hydrogen-bond donors (Lipinski definition) is 0. The lowest BCUT2D eigenvalue weighted by atomic mass is 9.48. The van der Waals surface area contributed by atoms with E-state index in [1.165, 1.54) is 27.7 Å². The van der Waals surface area contributed by atoms with Gasteiger partial charge in [0.2, 0.25) is 0 Å². The molecule has 0 bridgehead atoms. The van der Waals surface area contributed by atoms with Gasteiger partial charge in [-0.1, -0.05) is 34.6 Å². The maximum Gasteiger partial charge on any atom is 0.309 e. The van der Waals surface area contributed by atoms with E-state index in [2.05, 4.69) is 13.8 Å². The molecule has 4 aliphatic rings. The molecule has 11 heteroatoms. The zero-order chi connectivity index (χ0) is 34.3. The van der Waals surface area contributed by atoms with Crippen molar-refractivity contribution < 1.29 is 52.5 Å². The summed E-state index contributed by atoms with van der Waals surface area (Å²) in [7, 11) is 0. The van der Waals surface area contributed by atoms with Gasteiger partial charge in [0.25, 0.3) is 0 Å². The van der Waals surface area contributed by atoms with Gasteiger partial charge in [-0.05, 0) is 66.6 Å². The van der Waals surface area contributed by atoms with E-state index in [9.17, 15) is 28.8 Å². The van der Waals surface area contributed by atoms with E-state index in [4.69, 9.17) is 23.7 Å². The van der Waals surface area contributed by atoms with E-state index in [-0.39, 0.29) is 59.8 Å². The van der Waals surface area contributed by atoms with Gasteiger partial charge in [0.05, 0.1) is 12.5 Å². The van der Waals surface area contributed by atoms with Crippen molar-refractivity contribution in [3.05, 3.63) is 0 Å². The monoisotopic (exact) mass is 648 g/mol. The van der Waals surface area contributed by atoms with Crippen molar-refractivity contribution in [2.75, 3.05) is 6.61 Å². The van der Waals surface area contributed by atoms with E-state index >= 15 is 0 Å². The Kier molecular flexibility index (Phi) is 10.6. The molecule has 0 aromatic heterocycles. The fraction of sp³-hybridized carbons (Fsp3) is 0.829. The average Bonchev–Trinajstić information content (AvgIpc) is 3.25. The molecule has 0 radical (unpaired) electrons. The SMILES string of the molecule is CC(=O)O[C@@H]([C@@H](C)[C@H]1CC[C@H]2[C@@H]3COC(=O)[C@H]4C[C@H](OC(C)=O)[C@H](OC(C)=O)C[C@]4(C)[C@H]3CC[C@]12C)[C@@H](OC(C)=O)C(=O)C(C)C. The lowest BCUT2D eigenvalue weighted by Crippen LogP contribution is -2.56. The van der Waals surface area contributed by atoms with Crippen LogP contribution in [0.15, 0.2) is 0 Å². The molecule has 3 saturated carbocycles. The van der Waals surface area contributed by atoms with Crippen LogP contribution in [-0.4, -0.2) is 66.7 Å². The molecule has 1 saturated heterocycles. The third-order valence-electron chi connectivity index (χ3n) is 11.9. The Bertz CT molecular complexity index is 1230. The first kappa shape index (κ1) is 35.9. The molecule has 4 rings (SSSR count). The van der Waals surface area contributed by atoms with E-state index in [1.54, 1.807) is 13.8 Å². The van der Waals surface area contributed by atoms with Crippen LogP contribution in [0, 0.1) is 52.3 Å². The number of cyclic esters (lactones) is 1. The number of Topliss-reactive ketones (excluding diaryl/α,β-unsaturated/α-hetero) is 1.